The van der Waals surface area contributed by atoms with E-state index in [1.807, 2.05) is 0 Å². The van der Waals surface area contributed by atoms with Crippen LogP contribution in [0.4, 0.5) is 0 Å². The summed E-state index contributed by atoms with van der Waals surface area (Å²) in [5.41, 5.74) is 3.60. The Morgan fingerprint density at radius 2 is 1.84 bits per heavy atom. The molecule has 0 bridgehead atoms. The number of hydrazone groups is 1. The standard InChI is InChI=1S/C17H14ClN3O3S/c1-25(23,24)16-13-4-2-3-5-14(13)20-15(16)17(22)21-19-10-11-6-8-12(18)9-7-11/h2-10,20H,1H3,(H,21,22). The van der Waals surface area contributed by atoms with Crippen LogP contribution in [0.3, 0.4) is 0 Å². The van der Waals surface area contributed by atoms with E-state index in [2.05, 4.69) is 15.5 Å². The first-order valence-electron chi connectivity index (χ1n) is 7.26. The molecular weight excluding hydrogens is 362 g/mol. The van der Waals surface area contributed by atoms with E-state index in [1.165, 1.54) is 6.21 Å². The van der Waals surface area contributed by atoms with Gasteiger partial charge in [0.25, 0.3) is 5.91 Å². The third-order valence-electron chi connectivity index (χ3n) is 3.51. The average Bonchev–Trinajstić information content (AvgIpc) is 2.96. The van der Waals surface area contributed by atoms with Gasteiger partial charge in [-0.3, -0.25) is 4.79 Å². The highest BCUT2D eigenvalue weighted by molar-refractivity contribution is 7.91. The number of halogens is 1. The van der Waals surface area contributed by atoms with E-state index >= 15 is 0 Å². The number of nitrogens with one attached hydrogen (secondary N) is 2. The molecule has 8 heteroatoms. The molecule has 0 aliphatic rings. The lowest BCUT2D eigenvalue weighted by atomic mass is 10.2. The number of fused-ring (bicyclic) bond motifs is 1. The Bertz CT molecular complexity index is 1070. The Hall–Kier alpha value is -2.64. The Morgan fingerprint density at radius 1 is 1.16 bits per heavy atom. The first kappa shape index (κ1) is 17.2. The summed E-state index contributed by atoms with van der Waals surface area (Å²) in [5.74, 6) is -0.637. The number of aromatic amines is 1. The smallest absolute Gasteiger partial charge is 0.289 e. The van der Waals surface area contributed by atoms with Gasteiger partial charge in [-0.2, -0.15) is 5.10 Å². The molecule has 128 valence electrons. The Morgan fingerprint density at radius 3 is 2.52 bits per heavy atom. The van der Waals surface area contributed by atoms with Gasteiger partial charge in [0.05, 0.1) is 6.21 Å². The maximum atomic E-state index is 12.4. The van der Waals surface area contributed by atoms with Gasteiger partial charge in [-0.1, -0.05) is 41.9 Å². The number of aromatic nitrogens is 1. The van der Waals surface area contributed by atoms with Gasteiger partial charge in [-0.15, -0.1) is 0 Å². The van der Waals surface area contributed by atoms with Crippen molar-refractivity contribution in [1.82, 2.24) is 10.4 Å². The molecule has 3 rings (SSSR count). The third-order valence-corrected chi connectivity index (χ3v) is 4.92. The highest BCUT2D eigenvalue weighted by Crippen LogP contribution is 2.26. The van der Waals surface area contributed by atoms with E-state index in [-0.39, 0.29) is 10.6 Å². The van der Waals surface area contributed by atoms with Crippen LogP contribution in [0, 0.1) is 0 Å². The van der Waals surface area contributed by atoms with Crippen LogP contribution in [0.25, 0.3) is 10.9 Å². The molecule has 1 amide bonds. The summed E-state index contributed by atoms with van der Waals surface area (Å²) >= 11 is 5.80. The second-order valence-corrected chi connectivity index (χ2v) is 7.79. The van der Waals surface area contributed by atoms with Gasteiger partial charge >= 0.3 is 0 Å². The summed E-state index contributed by atoms with van der Waals surface area (Å²) in [7, 11) is -3.60. The summed E-state index contributed by atoms with van der Waals surface area (Å²) in [5, 5.41) is 4.92. The molecule has 0 atom stereocenters. The monoisotopic (exact) mass is 375 g/mol. The molecule has 0 aliphatic heterocycles. The van der Waals surface area contributed by atoms with Crippen LogP contribution in [-0.2, 0) is 9.84 Å². The number of nitrogens with zero attached hydrogens (tertiary/aromatic N) is 1. The zero-order valence-corrected chi connectivity index (χ0v) is 14.7. The highest BCUT2D eigenvalue weighted by Gasteiger charge is 2.24. The van der Waals surface area contributed by atoms with Crippen LogP contribution in [0.1, 0.15) is 16.1 Å². The van der Waals surface area contributed by atoms with Gasteiger partial charge in [0.15, 0.2) is 9.84 Å². The van der Waals surface area contributed by atoms with Crippen molar-refractivity contribution >= 4 is 44.5 Å². The number of amides is 1. The first-order chi connectivity index (χ1) is 11.9. The quantitative estimate of drug-likeness (QED) is 0.542. The summed E-state index contributed by atoms with van der Waals surface area (Å²) < 4.78 is 24.2. The molecular formula is C17H14ClN3O3S. The predicted molar refractivity (Wildman–Crippen MR) is 97.9 cm³/mol. The van der Waals surface area contributed by atoms with Crippen LogP contribution in [0.2, 0.25) is 5.02 Å². The number of rotatable bonds is 4. The number of sulfone groups is 1. The predicted octanol–water partition coefficient (Wildman–Crippen LogP) is 2.99. The maximum absolute atomic E-state index is 12.4. The fourth-order valence-corrected chi connectivity index (χ4v) is 3.65. The number of hydrogen-bond acceptors (Lipinski definition) is 4. The number of carbonyl (C=O) groups is 1. The normalized spacial score (nSPS) is 11.9. The molecule has 0 unspecified atom stereocenters. The van der Waals surface area contributed by atoms with Gasteiger partial charge in [0.1, 0.15) is 10.6 Å². The largest absolute Gasteiger partial charge is 0.349 e. The highest BCUT2D eigenvalue weighted by atomic mass is 35.5. The van der Waals surface area contributed by atoms with Crippen molar-refractivity contribution in [2.45, 2.75) is 4.90 Å². The van der Waals surface area contributed by atoms with Gasteiger partial charge in [-0.25, -0.2) is 13.8 Å². The van der Waals surface area contributed by atoms with Crippen LogP contribution >= 0.6 is 11.6 Å². The topological polar surface area (TPSA) is 91.4 Å². The van der Waals surface area contributed by atoms with Crippen LogP contribution in [0.5, 0.6) is 0 Å². The molecule has 3 aromatic rings. The molecule has 0 fully saturated rings. The lowest BCUT2D eigenvalue weighted by molar-refractivity contribution is 0.0947. The van der Waals surface area contributed by atoms with Gasteiger partial charge in [-0.05, 0) is 23.8 Å². The minimum atomic E-state index is -3.60. The second kappa shape index (κ2) is 6.70. The van der Waals surface area contributed by atoms with Crippen molar-refractivity contribution in [3.8, 4) is 0 Å². The lowest BCUT2D eigenvalue weighted by Gasteiger charge is -2.01. The Balaban J connectivity index is 1.91. The van der Waals surface area contributed by atoms with E-state index < -0.39 is 15.7 Å². The molecule has 0 saturated carbocycles. The molecule has 1 heterocycles. The molecule has 0 aliphatic carbocycles. The number of H-pyrrole nitrogens is 1. The number of carbonyl (C=O) groups excluding carboxylic acids is 1. The Labute approximate surface area is 149 Å². The van der Waals surface area contributed by atoms with Crippen LogP contribution < -0.4 is 5.43 Å². The summed E-state index contributed by atoms with van der Waals surface area (Å²) in [6.07, 6.45) is 2.51. The van der Waals surface area contributed by atoms with Crippen LogP contribution in [-0.4, -0.2) is 31.8 Å². The first-order valence-corrected chi connectivity index (χ1v) is 9.53. The van der Waals surface area contributed by atoms with Crippen molar-refractivity contribution in [3.05, 3.63) is 64.8 Å². The Kier molecular flexibility index (Phi) is 4.61. The number of benzene rings is 2. The third kappa shape index (κ3) is 3.72. The molecule has 25 heavy (non-hydrogen) atoms. The molecule has 1 aromatic heterocycles. The molecule has 2 N–H and O–H groups in total. The van der Waals surface area contributed by atoms with E-state index in [1.54, 1.807) is 48.5 Å². The molecule has 0 saturated heterocycles. The van der Waals surface area contributed by atoms with Crippen molar-refractivity contribution in [3.63, 3.8) is 0 Å². The van der Waals surface area contributed by atoms with E-state index in [0.29, 0.717) is 15.9 Å². The van der Waals surface area contributed by atoms with Gasteiger partial charge in [0, 0.05) is 22.2 Å². The summed E-state index contributed by atoms with van der Waals surface area (Å²) in [6, 6.07) is 13.7. The molecule has 6 nitrogen and oxygen atoms in total. The number of hydrogen-bond donors (Lipinski definition) is 2. The lowest BCUT2D eigenvalue weighted by Crippen LogP contribution is -2.20. The fraction of sp³-hybridized carbons (Fsp3) is 0.0588. The minimum Gasteiger partial charge on any atom is -0.349 e. The van der Waals surface area contributed by atoms with Gasteiger partial charge in [0.2, 0.25) is 0 Å². The van der Waals surface area contributed by atoms with E-state index in [9.17, 15) is 13.2 Å². The van der Waals surface area contributed by atoms with E-state index in [4.69, 9.17) is 11.6 Å². The zero-order chi connectivity index (χ0) is 18.0. The maximum Gasteiger partial charge on any atom is 0.289 e. The fourth-order valence-electron chi connectivity index (χ4n) is 2.43. The van der Waals surface area contributed by atoms with Crippen molar-refractivity contribution in [2.24, 2.45) is 5.10 Å². The summed E-state index contributed by atoms with van der Waals surface area (Å²) in [4.78, 5) is 15.2. The van der Waals surface area contributed by atoms with E-state index in [0.717, 1.165) is 11.8 Å². The molecule has 0 spiro atoms. The van der Waals surface area contributed by atoms with Crippen molar-refractivity contribution in [2.75, 3.05) is 6.26 Å². The van der Waals surface area contributed by atoms with Crippen LogP contribution in [0.15, 0.2) is 58.5 Å². The SMILES string of the molecule is CS(=O)(=O)c1c(C(=O)NN=Cc2ccc(Cl)cc2)[nH]c2ccccc12. The average molecular weight is 376 g/mol. The van der Waals surface area contributed by atoms with Gasteiger partial charge < -0.3 is 4.98 Å². The van der Waals surface area contributed by atoms with Crippen molar-refractivity contribution < 1.29 is 13.2 Å². The molecule has 0 radical (unpaired) electrons. The number of para-hydroxylation sites is 1. The zero-order valence-electron chi connectivity index (χ0n) is 13.2. The minimum absolute atomic E-state index is 0.0395. The summed E-state index contributed by atoms with van der Waals surface area (Å²) in [6.45, 7) is 0. The molecule has 2 aromatic carbocycles. The van der Waals surface area contributed by atoms with Crippen molar-refractivity contribution in [1.29, 1.82) is 0 Å². The second-order valence-electron chi connectivity index (χ2n) is 5.40.